The van der Waals surface area contributed by atoms with E-state index in [4.69, 9.17) is 0 Å². The van der Waals surface area contributed by atoms with Crippen LogP contribution >= 0.6 is 15.9 Å². The molecular formula is C14H20BrN3O. The molecule has 1 aromatic rings. The van der Waals surface area contributed by atoms with E-state index in [9.17, 15) is 4.79 Å². The van der Waals surface area contributed by atoms with Gasteiger partial charge in [-0.2, -0.15) is 0 Å². The van der Waals surface area contributed by atoms with E-state index < -0.39 is 0 Å². The van der Waals surface area contributed by atoms with Crippen molar-refractivity contribution in [2.24, 2.45) is 0 Å². The van der Waals surface area contributed by atoms with Gasteiger partial charge in [0.05, 0.1) is 0 Å². The van der Waals surface area contributed by atoms with Crippen LogP contribution in [0.15, 0.2) is 22.8 Å². The highest BCUT2D eigenvalue weighted by Crippen LogP contribution is 2.11. The summed E-state index contributed by atoms with van der Waals surface area (Å²) in [5.41, 5.74) is 0.459. The molecular weight excluding hydrogens is 306 g/mol. The Morgan fingerprint density at radius 1 is 1.42 bits per heavy atom. The summed E-state index contributed by atoms with van der Waals surface area (Å²) in [6.45, 7) is 5.13. The molecule has 1 fully saturated rings. The van der Waals surface area contributed by atoms with E-state index in [-0.39, 0.29) is 5.91 Å². The molecule has 2 heterocycles. The molecule has 0 aliphatic carbocycles. The third-order valence-electron chi connectivity index (χ3n) is 3.52. The van der Waals surface area contributed by atoms with Crippen molar-refractivity contribution in [3.05, 3.63) is 28.5 Å². The highest BCUT2D eigenvalue weighted by atomic mass is 79.9. The number of nitrogens with one attached hydrogen (secondary N) is 1. The minimum Gasteiger partial charge on any atom is -0.349 e. The molecule has 5 heteroatoms. The first-order chi connectivity index (χ1) is 9.16. The number of hydrogen-bond donors (Lipinski definition) is 1. The number of halogens is 1. The lowest BCUT2D eigenvalue weighted by Gasteiger charge is -2.32. The second-order valence-electron chi connectivity index (χ2n) is 5.00. The van der Waals surface area contributed by atoms with Crippen LogP contribution in [0.5, 0.6) is 0 Å². The molecule has 2 rings (SSSR count). The van der Waals surface area contributed by atoms with Gasteiger partial charge in [0.25, 0.3) is 5.91 Å². The highest BCUT2D eigenvalue weighted by Gasteiger charge is 2.17. The van der Waals surface area contributed by atoms with Crippen LogP contribution in [0.25, 0.3) is 0 Å². The Morgan fingerprint density at radius 2 is 2.16 bits per heavy atom. The van der Waals surface area contributed by atoms with Gasteiger partial charge in [0.1, 0.15) is 10.3 Å². The fourth-order valence-electron chi connectivity index (χ4n) is 2.35. The monoisotopic (exact) mass is 325 g/mol. The third-order valence-corrected chi connectivity index (χ3v) is 3.96. The largest absolute Gasteiger partial charge is 0.349 e. The third kappa shape index (κ3) is 4.28. The molecule has 1 atom stereocenters. The molecule has 1 unspecified atom stereocenters. The standard InChI is InChI=1S/C14H20BrN3O/c1-11(18-8-3-2-4-9-18)10-16-14(19)12-6-5-7-13(15)17-12/h5-7,11H,2-4,8-10H2,1H3,(H,16,19). The smallest absolute Gasteiger partial charge is 0.269 e. The Labute approximate surface area is 122 Å². The number of pyridine rings is 1. The molecule has 4 nitrogen and oxygen atoms in total. The average Bonchev–Trinajstić information content (AvgIpc) is 2.45. The summed E-state index contributed by atoms with van der Waals surface area (Å²) in [5, 5.41) is 2.96. The molecule has 0 aromatic carbocycles. The summed E-state index contributed by atoms with van der Waals surface area (Å²) in [7, 11) is 0. The topological polar surface area (TPSA) is 45.2 Å². The Kier molecular flexibility index (Phi) is 5.34. The number of aromatic nitrogens is 1. The lowest BCUT2D eigenvalue weighted by Crippen LogP contribution is -2.44. The van der Waals surface area contributed by atoms with E-state index in [1.54, 1.807) is 6.07 Å². The van der Waals surface area contributed by atoms with Gasteiger partial charge in [-0.15, -0.1) is 0 Å². The van der Waals surface area contributed by atoms with E-state index in [1.165, 1.54) is 19.3 Å². The molecule has 0 bridgehead atoms. The Hall–Kier alpha value is -0.940. The zero-order valence-electron chi connectivity index (χ0n) is 11.2. The van der Waals surface area contributed by atoms with Crippen molar-refractivity contribution in [1.29, 1.82) is 0 Å². The molecule has 0 saturated carbocycles. The molecule has 1 N–H and O–H groups in total. The molecule has 19 heavy (non-hydrogen) atoms. The molecule has 104 valence electrons. The summed E-state index contributed by atoms with van der Waals surface area (Å²) >= 11 is 3.27. The predicted molar refractivity (Wildman–Crippen MR) is 79.2 cm³/mol. The number of carbonyl (C=O) groups excluding carboxylic acids is 1. The van der Waals surface area contributed by atoms with Gasteiger partial charge in [0, 0.05) is 12.6 Å². The maximum atomic E-state index is 12.0. The summed E-state index contributed by atoms with van der Waals surface area (Å²) in [6.07, 6.45) is 3.87. The van der Waals surface area contributed by atoms with Crippen LogP contribution < -0.4 is 5.32 Å². The summed E-state index contributed by atoms with van der Waals surface area (Å²) in [4.78, 5) is 18.6. The van der Waals surface area contributed by atoms with Crippen molar-refractivity contribution in [3.63, 3.8) is 0 Å². The normalized spacial score (nSPS) is 18.0. The van der Waals surface area contributed by atoms with Crippen LogP contribution in [0.2, 0.25) is 0 Å². The van der Waals surface area contributed by atoms with Gasteiger partial charge in [0.15, 0.2) is 0 Å². The second kappa shape index (κ2) is 7.01. The fourth-order valence-corrected chi connectivity index (χ4v) is 2.70. The van der Waals surface area contributed by atoms with E-state index in [0.29, 0.717) is 22.9 Å². The van der Waals surface area contributed by atoms with Crippen LogP contribution in [0, 0.1) is 0 Å². The lowest BCUT2D eigenvalue weighted by molar-refractivity contribution is 0.0925. The van der Waals surface area contributed by atoms with Crippen LogP contribution in [-0.2, 0) is 0 Å². The SMILES string of the molecule is CC(CNC(=O)c1cccc(Br)n1)N1CCCCC1. The van der Waals surface area contributed by atoms with Gasteiger partial charge in [0.2, 0.25) is 0 Å². The quantitative estimate of drug-likeness (QED) is 0.865. The minimum atomic E-state index is -0.106. The first kappa shape index (κ1) is 14.5. The van der Waals surface area contributed by atoms with Gasteiger partial charge < -0.3 is 5.32 Å². The Bertz CT molecular complexity index is 432. The van der Waals surface area contributed by atoms with Crippen molar-refractivity contribution in [2.45, 2.75) is 32.2 Å². The molecule has 1 amide bonds. The van der Waals surface area contributed by atoms with E-state index in [0.717, 1.165) is 13.1 Å². The van der Waals surface area contributed by atoms with Crippen molar-refractivity contribution < 1.29 is 4.79 Å². The van der Waals surface area contributed by atoms with E-state index in [2.05, 4.69) is 38.1 Å². The van der Waals surface area contributed by atoms with Gasteiger partial charge in [-0.05, 0) is 60.9 Å². The number of rotatable bonds is 4. The first-order valence-corrected chi connectivity index (χ1v) is 7.61. The van der Waals surface area contributed by atoms with Gasteiger partial charge in [-0.25, -0.2) is 4.98 Å². The molecule has 0 spiro atoms. The number of likely N-dealkylation sites (tertiary alicyclic amines) is 1. The summed E-state index contributed by atoms with van der Waals surface area (Å²) in [5.74, 6) is -0.106. The lowest BCUT2D eigenvalue weighted by atomic mass is 10.1. The summed E-state index contributed by atoms with van der Waals surface area (Å²) in [6, 6.07) is 5.75. The minimum absolute atomic E-state index is 0.106. The zero-order valence-corrected chi connectivity index (χ0v) is 12.8. The van der Waals surface area contributed by atoms with Crippen molar-refractivity contribution in [2.75, 3.05) is 19.6 Å². The zero-order chi connectivity index (χ0) is 13.7. The van der Waals surface area contributed by atoms with Crippen molar-refractivity contribution in [1.82, 2.24) is 15.2 Å². The predicted octanol–water partition coefficient (Wildman–Crippen LogP) is 2.45. The first-order valence-electron chi connectivity index (χ1n) is 6.81. The van der Waals surface area contributed by atoms with Crippen LogP contribution in [0.4, 0.5) is 0 Å². The van der Waals surface area contributed by atoms with Crippen molar-refractivity contribution in [3.8, 4) is 0 Å². The number of carbonyl (C=O) groups is 1. The number of piperidine rings is 1. The summed E-state index contributed by atoms with van der Waals surface area (Å²) < 4.78 is 0.684. The van der Waals surface area contributed by atoms with Gasteiger partial charge in [-0.1, -0.05) is 12.5 Å². The Balaban J connectivity index is 1.82. The van der Waals surface area contributed by atoms with Crippen molar-refractivity contribution >= 4 is 21.8 Å². The fraction of sp³-hybridized carbons (Fsp3) is 0.571. The average molecular weight is 326 g/mol. The number of nitrogens with zero attached hydrogens (tertiary/aromatic N) is 2. The van der Waals surface area contributed by atoms with Crippen LogP contribution in [0.1, 0.15) is 36.7 Å². The molecule has 1 aromatic heterocycles. The number of hydrogen-bond acceptors (Lipinski definition) is 3. The molecule has 0 radical (unpaired) electrons. The van der Waals surface area contributed by atoms with Crippen LogP contribution in [-0.4, -0.2) is 41.5 Å². The molecule has 1 aliphatic heterocycles. The molecule has 1 saturated heterocycles. The van der Waals surface area contributed by atoms with Gasteiger partial charge >= 0.3 is 0 Å². The Morgan fingerprint density at radius 3 is 2.84 bits per heavy atom. The maximum absolute atomic E-state index is 12.0. The maximum Gasteiger partial charge on any atom is 0.269 e. The van der Waals surface area contributed by atoms with E-state index >= 15 is 0 Å². The second-order valence-corrected chi connectivity index (χ2v) is 5.81. The van der Waals surface area contributed by atoms with Gasteiger partial charge in [-0.3, -0.25) is 9.69 Å². The highest BCUT2D eigenvalue weighted by molar-refractivity contribution is 9.10. The molecule has 1 aliphatic rings. The number of amides is 1. The van der Waals surface area contributed by atoms with Crippen LogP contribution in [0.3, 0.4) is 0 Å². The van der Waals surface area contributed by atoms with E-state index in [1.807, 2.05) is 12.1 Å².